The molecule has 0 amide bonds. The number of aryl methyl sites for hydroxylation is 1. The summed E-state index contributed by atoms with van der Waals surface area (Å²) in [5.41, 5.74) is 1.33. The normalized spacial score (nSPS) is 12.7. The Morgan fingerprint density at radius 3 is 2.79 bits per heavy atom. The van der Waals surface area contributed by atoms with Crippen molar-refractivity contribution in [3.63, 3.8) is 0 Å². The minimum atomic E-state index is -0.733. The van der Waals surface area contributed by atoms with Gasteiger partial charge < -0.3 is 14.6 Å². The molecule has 3 rings (SSSR count). The van der Waals surface area contributed by atoms with Gasteiger partial charge in [-0.2, -0.15) is 5.26 Å². The predicted molar refractivity (Wildman–Crippen MR) is 108 cm³/mol. The van der Waals surface area contributed by atoms with E-state index in [1.54, 1.807) is 20.0 Å². The summed E-state index contributed by atoms with van der Waals surface area (Å²) in [4.78, 5) is 29.3. The van der Waals surface area contributed by atoms with Gasteiger partial charge in [0.1, 0.15) is 15.3 Å². The van der Waals surface area contributed by atoms with Crippen molar-refractivity contribution >= 4 is 46.1 Å². The maximum absolute atomic E-state index is 12.7. The monoisotopic (exact) mass is 397 g/mol. The molecule has 28 heavy (non-hydrogen) atoms. The van der Waals surface area contributed by atoms with Crippen molar-refractivity contribution < 1.29 is 9.53 Å². The number of benzene rings is 1. The second-order valence-corrected chi connectivity index (χ2v) is 6.83. The molecular weight excluding hydrogens is 378 g/mol. The number of hydrogen-bond acceptors (Lipinski definition) is 7. The zero-order valence-corrected chi connectivity index (χ0v) is 16.5. The maximum atomic E-state index is 12.7. The molecule has 0 saturated heterocycles. The Kier molecular flexibility index (Phi) is 5.61. The summed E-state index contributed by atoms with van der Waals surface area (Å²) < 4.78 is 8.85. The molecule has 0 fully saturated rings. The van der Waals surface area contributed by atoms with E-state index in [1.807, 2.05) is 41.9 Å². The molecule has 0 unspecified atom stereocenters. The number of esters is 1. The third-order valence-corrected chi connectivity index (χ3v) is 5.28. The molecule has 0 spiro atoms. The molecule has 0 aliphatic rings. The van der Waals surface area contributed by atoms with E-state index in [2.05, 4.69) is 10.3 Å². The number of rotatable bonds is 5. The zero-order valence-electron chi connectivity index (χ0n) is 15.7. The molecule has 1 N–H and O–H groups in total. The van der Waals surface area contributed by atoms with Crippen molar-refractivity contribution in [2.45, 2.75) is 20.4 Å². The molecule has 9 heteroatoms. The van der Waals surface area contributed by atoms with Crippen molar-refractivity contribution in [1.29, 1.82) is 5.26 Å². The van der Waals surface area contributed by atoms with Crippen LogP contribution in [0.15, 0.2) is 29.1 Å². The Bertz CT molecular complexity index is 1260. The lowest BCUT2D eigenvalue weighted by Crippen LogP contribution is -2.32. The molecule has 0 radical (unpaired) electrons. The molecule has 2 aromatic heterocycles. The van der Waals surface area contributed by atoms with Crippen LogP contribution in [0.5, 0.6) is 0 Å². The average molecular weight is 397 g/mol. The fourth-order valence-corrected chi connectivity index (χ4v) is 3.86. The van der Waals surface area contributed by atoms with Gasteiger partial charge in [0.2, 0.25) is 5.95 Å². The van der Waals surface area contributed by atoms with E-state index < -0.39 is 5.97 Å². The van der Waals surface area contributed by atoms with E-state index in [-0.39, 0.29) is 22.4 Å². The first-order valence-electron chi connectivity index (χ1n) is 8.71. The van der Waals surface area contributed by atoms with E-state index in [0.29, 0.717) is 17.0 Å². The maximum Gasteiger partial charge on any atom is 0.351 e. The number of thiazole rings is 1. The van der Waals surface area contributed by atoms with Crippen LogP contribution in [0.1, 0.15) is 13.8 Å². The lowest BCUT2D eigenvalue weighted by Gasteiger charge is -2.00. The topological polar surface area (TPSA) is 102 Å². The first kappa shape index (κ1) is 19.4. The number of fused-ring (bicyclic) bond motifs is 1. The van der Waals surface area contributed by atoms with Crippen LogP contribution in [0.3, 0.4) is 0 Å². The number of nitrogens with one attached hydrogen (secondary N) is 1. The van der Waals surface area contributed by atoms with E-state index in [0.717, 1.165) is 22.4 Å². The van der Waals surface area contributed by atoms with Crippen LogP contribution in [-0.2, 0) is 23.1 Å². The quantitative estimate of drug-likeness (QED) is 0.642. The highest BCUT2D eigenvalue weighted by molar-refractivity contribution is 7.07. The SMILES string of the molecule is CCOC(=O)/C(C#N)=c1\s/c(=C/Nc2nc3ccccc3n2C)c(=O)n1CC. The zero-order chi connectivity index (χ0) is 20.3. The number of ether oxygens (including phenoxy) is 1. The summed E-state index contributed by atoms with van der Waals surface area (Å²) in [5, 5.41) is 12.4. The van der Waals surface area contributed by atoms with Gasteiger partial charge in [-0.05, 0) is 26.0 Å². The van der Waals surface area contributed by atoms with Gasteiger partial charge >= 0.3 is 5.97 Å². The second kappa shape index (κ2) is 8.10. The molecule has 0 saturated carbocycles. The Hall–Kier alpha value is -3.38. The van der Waals surface area contributed by atoms with Crippen LogP contribution in [-0.4, -0.2) is 26.7 Å². The number of anilines is 1. The van der Waals surface area contributed by atoms with Crippen LogP contribution in [0, 0.1) is 11.3 Å². The second-order valence-electron chi connectivity index (χ2n) is 5.80. The summed E-state index contributed by atoms with van der Waals surface area (Å²) in [6.07, 6.45) is 1.55. The number of carbonyl (C=O) groups excluding carboxylic acids is 1. The number of imidazole rings is 1. The lowest BCUT2D eigenvalue weighted by atomic mass is 10.3. The van der Waals surface area contributed by atoms with Gasteiger partial charge in [-0.25, -0.2) is 9.78 Å². The molecule has 0 aliphatic carbocycles. The van der Waals surface area contributed by atoms with Crippen LogP contribution in [0.4, 0.5) is 5.95 Å². The van der Waals surface area contributed by atoms with E-state index in [4.69, 9.17) is 4.74 Å². The molecule has 144 valence electrons. The Morgan fingerprint density at radius 1 is 1.39 bits per heavy atom. The minimum absolute atomic E-state index is 0.152. The first-order valence-corrected chi connectivity index (χ1v) is 9.52. The lowest BCUT2D eigenvalue weighted by molar-refractivity contribution is -0.136. The fourth-order valence-electron chi connectivity index (χ4n) is 2.78. The van der Waals surface area contributed by atoms with Gasteiger partial charge in [-0.3, -0.25) is 9.36 Å². The van der Waals surface area contributed by atoms with Gasteiger partial charge in [0, 0.05) is 19.8 Å². The van der Waals surface area contributed by atoms with Crippen molar-refractivity contribution in [3.8, 4) is 6.07 Å². The van der Waals surface area contributed by atoms with Crippen LogP contribution in [0.2, 0.25) is 0 Å². The molecule has 8 nitrogen and oxygen atoms in total. The summed E-state index contributed by atoms with van der Waals surface area (Å²) in [6, 6.07) is 9.55. The largest absolute Gasteiger partial charge is 0.462 e. The van der Waals surface area contributed by atoms with Crippen molar-refractivity contribution in [1.82, 2.24) is 14.1 Å². The smallest absolute Gasteiger partial charge is 0.351 e. The summed E-state index contributed by atoms with van der Waals surface area (Å²) in [7, 11) is 1.87. The average Bonchev–Trinajstić information content (AvgIpc) is 3.18. The van der Waals surface area contributed by atoms with E-state index >= 15 is 0 Å². The molecule has 0 atom stereocenters. The summed E-state index contributed by atoms with van der Waals surface area (Å²) in [5.74, 6) is -0.156. The highest BCUT2D eigenvalue weighted by Crippen LogP contribution is 2.17. The molecular formula is C19H19N5O3S. The number of para-hydroxylation sites is 2. The molecule has 0 bridgehead atoms. The highest BCUT2D eigenvalue weighted by atomic mass is 32.1. The number of aromatic nitrogens is 3. The Morgan fingerprint density at radius 2 is 2.14 bits per heavy atom. The number of carbonyl (C=O) groups is 1. The van der Waals surface area contributed by atoms with Gasteiger partial charge in [-0.1, -0.05) is 12.1 Å². The minimum Gasteiger partial charge on any atom is -0.462 e. The molecule has 0 aliphatic heterocycles. The van der Waals surface area contributed by atoms with Gasteiger partial charge in [0.15, 0.2) is 5.57 Å². The van der Waals surface area contributed by atoms with Crippen molar-refractivity contribution in [2.24, 2.45) is 7.05 Å². The summed E-state index contributed by atoms with van der Waals surface area (Å²) >= 11 is 1.06. The Labute approximate surface area is 164 Å². The standard InChI is InChI=1S/C19H19N5O3S/c1-4-24-16(25)15(28-17(24)12(10-20)18(26)27-5-2)11-21-19-22-13-8-6-7-9-14(13)23(19)3/h6-9,11H,4-5H2,1-3H3,(H,21,22)/b15-11+,17-12-. The van der Waals surface area contributed by atoms with Crippen LogP contribution in [0.25, 0.3) is 22.8 Å². The van der Waals surface area contributed by atoms with Crippen LogP contribution < -0.4 is 20.1 Å². The van der Waals surface area contributed by atoms with E-state index in [1.165, 1.54) is 4.57 Å². The van der Waals surface area contributed by atoms with E-state index in [9.17, 15) is 14.9 Å². The van der Waals surface area contributed by atoms with Crippen molar-refractivity contribution in [2.75, 3.05) is 11.9 Å². The van der Waals surface area contributed by atoms with Gasteiger partial charge in [-0.15, -0.1) is 11.3 Å². The molecule has 3 aromatic rings. The van der Waals surface area contributed by atoms with Gasteiger partial charge in [0.25, 0.3) is 5.56 Å². The van der Waals surface area contributed by atoms with Crippen LogP contribution >= 0.6 is 11.3 Å². The molecule has 2 heterocycles. The fraction of sp³-hybridized carbons (Fsp3) is 0.263. The summed E-state index contributed by atoms with van der Waals surface area (Å²) in [6.45, 7) is 3.92. The first-order chi connectivity index (χ1) is 13.5. The number of nitrogens with zero attached hydrogens (tertiary/aromatic N) is 4. The highest BCUT2D eigenvalue weighted by Gasteiger charge is 2.16. The predicted octanol–water partition coefficient (Wildman–Crippen LogP) is 0.904. The third-order valence-electron chi connectivity index (χ3n) is 4.15. The Balaban J connectivity index is 2.11. The third kappa shape index (κ3) is 3.42. The molecule has 1 aromatic carbocycles. The van der Waals surface area contributed by atoms with Crippen molar-refractivity contribution in [3.05, 3.63) is 43.8 Å². The van der Waals surface area contributed by atoms with Gasteiger partial charge in [0.05, 0.1) is 17.6 Å². The number of nitriles is 1. The number of hydrogen-bond donors (Lipinski definition) is 1.